The van der Waals surface area contributed by atoms with Crippen LogP contribution in [0.2, 0.25) is 0 Å². The van der Waals surface area contributed by atoms with Gasteiger partial charge >= 0.3 is 0 Å². The monoisotopic (exact) mass is 247 g/mol. The zero-order chi connectivity index (χ0) is 11.8. The number of rotatable bonds is 1. The second-order valence-corrected chi connectivity index (χ2v) is 5.17. The zero-order valence-electron chi connectivity index (χ0n) is 9.18. The van der Waals surface area contributed by atoms with Crippen molar-refractivity contribution in [3.8, 4) is 11.5 Å². The van der Waals surface area contributed by atoms with Gasteiger partial charge in [-0.15, -0.1) is 11.3 Å². The van der Waals surface area contributed by atoms with Crippen molar-refractivity contribution in [2.24, 2.45) is 0 Å². The summed E-state index contributed by atoms with van der Waals surface area (Å²) >= 11 is 1.70. The van der Waals surface area contributed by atoms with E-state index in [0.29, 0.717) is 0 Å². The van der Waals surface area contributed by atoms with Gasteiger partial charge in [0.1, 0.15) is 0 Å². The van der Waals surface area contributed by atoms with Crippen molar-refractivity contribution in [1.29, 1.82) is 0 Å². The average molecular weight is 247 g/mol. The molecule has 0 spiro atoms. The first-order valence-electron chi connectivity index (χ1n) is 5.57. The second-order valence-electron chi connectivity index (χ2n) is 4.19. The molecule has 2 aromatic rings. The molecule has 0 radical (unpaired) electrons. The van der Waals surface area contributed by atoms with E-state index in [1.807, 2.05) is 11.4 Å². The van der Waals surface area contributed by atoms with Crippen LogP contribution in [0.25, 0.3) is 0 Å². The summed E-state index contributed by atoms with van der Waals surface area (Å²) in [4.78, 5) is 1.23. The lowest BCUT2D eigenvalue weighted by Crippen LogP contribution is -2.29. The molecule has 1 unspecified atom stereocenters. The van der Waals surface area contributed by atoms with Crippen molar-refractivity contribution in [2.45, 2.75) is 12.5 Å². The van der Waals surface area contributed by atoms with Gasteiger partial charge in [-0.3, -0.25) is 0 Å². The van der Waals surface area contributed by atoms with Gasteiger partial charge in [0.25, 0.3) is 0 Å². The molecule has 1 aliphatic rings. The SMILES string of the molecule is Oc1cc2c(cc1O)C(c1cccs1)NCC2. The Morgan fingerprint density at radius 3 is 2.82 bits per heavy atom. The van der Waals surface area contributed by atoms with Crippen LogP contribution in [-0.4, -0.2) is 16.8 Å². The molecule has 17 heavy (non-hydrogen) atoms. The third-order valence-electron chi connectivity index (χ3n) is 3.12. The molecular formula is C13H13NO2S. The van der Waals surface area contributed by atoms with E-state index >= 15 is 0 Å². The minimum Gasteiger partial charge on any atom is -0.504 e. The van der Waals surface area contributed by atoms with E-state index in [-0.39, 0.29) is 17.5 Å². The van der Waals surface area contributed by atoms with Gasteiger partial charge in [0.05, 0.1) is 6.04 Å². The molecule has 0 aliphatic carbocycles. The first-order valence-corrected chi connectivity index (χ1v) is 6.45. The maximum atomic E-state index is 9.62. The van der Waals surface area contributed by atoms with Gasteiger partial charge in [-0.1, -0.05) is 6.07 Å². The summed E-state index contributed by atoms with van der Waals surface area (Å²) in [5.41, 5.74) is 2.17. The molecule has 1 aromatic carbocycles. The summed E-state index contributed by atoms with van der Waals surface area (Å²) < 4.78 is 0. The molecular weight excluding hydrogens is 234 g/mol. The van der Waals surface area contributed by atoms with Crippen LogP contribution in [-0.2, 0) is 6.42 Å². The van der Waals surface area contributed by atoms with Gasteiger partial charge in [-0.05, 0) is 41.1 Å². The topological polar surface area (TPSA) is 52.5 Å². The predicted octanol–water partition coefficient (Wildman–Crippen LogP) is 2.39. The van der Waals surface area contributed by atoms with E-state index in [2.05, 4.69) is 11.4 Å². The summed E-state index contributed by atoms with van der Waals surface area (Å²) in [5, 5.41) is 24.6. The Balaban J connectivity index is 2.10. The van der Waals surface area contributed by atoms with Crippen LogP contribution >= 0.6 is 11.3 Å². The zero-order valence-corrected chi connectivity index (χ0v) is 10.00. The molecule has 0 fully saturated rings. The fourth-order valence-electron chi connectivity index (χ4n) is 2.29. The number of phenols is 2. The largest absolute Gasteiger partial charge is 0.504 e. The fourth-order valence-corrected chi connectivity index (χ4v) is 3.11. The summed E-state index contributed by atoms with van der Waals surface area (Å²) in [7, 11) is 0. The Kier molecular flexibility index (Phi) is 2.53. The summed E-state index contributed by atoms with van der Waals surface area (Å²) in [5.74, 6) is -0.0791. The Hall–Kier alpha value is -1.52. The molecule has 88 valence electrons. The van der Waals surface area contributed by atoms with Crippen molar-refractivity contribution in [1.82, 2.24) is 5.32 Å². The smallest absolute Gasteiger partial charge is 0.157 e. The minimum atomic E-state index is -0.0472. The van der Waals surface area contributed by atoms with Crippen LogP contribution in [0.1, 0.15) is 22.0 Å². The number of hydrogen-bond donors (Lipinski definition) is 3. The van der Waals surface area contributed by atoms with E-state index in [1.54, 1.807) is 23.5 Å². The van der Waals surface area contributed by atoms with Crippen LogP contribution < -0.4 is 5.32 Å². The van der Waals surface area contributed by atoms with Crippen molar-refractivity contribution >= 4 is 11.3 Å². The standard InChI is InChI=1S/C13H13NO2S/c15-10-6-8-3-4-14-13(9(8)7-11(10)16)12-2-1-5-17-12/h1-2,5-7,13-16H,3-4H2. The Bertz CT molecular complexity index is 537. The van der Waals surface area contributed by atoms with E-state index in [0.717, 1.165) is 24.1 Å². The third kappa shape index (κ3) is 1.79. The lowest BCUT2D eigenvalue weighted by atomic mass is 9.93. The van der Waals surface area contributed by atoms with Crippen LogP contribution in [0, 0.1) is 0 Å². The van der Waals surface area contributed by atoms with Gasteiger partial charge in [-0.2, -0.15) is 0 Å². The Labute approximate surface area is 103 Å². The third-order valence-corrected chi connectivity index (χ3v) is 4.06. The normalized spacial score (nSPS) is 18.9. The van der Waals surface area contributed by atoms with E-state index < -0.39 is 0 Å². The molecule has 3 rings (SSSR count). The average Bonchev–Trinajstić information content (AvgIpc) is 2.83. The molecule has 3 N–H and O–H groups in total. The lowest BCUT2D eigenvalue weighted by Gasteiger charge is -2.26. The molecule has 1 atom stereocenters. The highest BCUT2D eigenvalue weighted by Crippen LogP contribution is 2.37. The predicted molar refractivity (Wildman–Crippen MR) is 67.6 cm³/mol. The second kappa shape index (κ2) is 4.05. The highest BCUT2D eigenvalue weighted by Gasteiger charge is 2.23. The summed E-state index contributed by atoms with van der Waals surface area (Å²) in [6.07, 6.45) is 0.880. The highest BCUT2D eigenvalue weighted by atomic mass is 32.1. The maximum Gasteiger partial charge on any atom is 0.157 e. The molecule has 3 nitrogen and oxygen atoms in total. The lowest BCUT2D eigenvalue weighted by molar-refractivity contribution is 0.400. The molecule has 1 aliphatic heterocycles. The van der Waals surface area contributed by atoms with Gasteiger partial charge in [0.15, 0.2) is 11.5 Å². The van der Waals surface area contributed by atoms with Crippen LogP contribution in [0.4, 0.5) is 0 Å². The molecule has 0 amide bonds. The van der Waals surface area contributed by atoms with Crippen LogP contribution in [0.3, 0.4) is 0 Å². The number of thiophene rings is 1. The molecule has 0 saturated heterocycles. The number of aromatic hydroxyl groups is 2. The number of benzene rings is 1. The number of phenolic OH excluding ortho intramolecular Hbond substituents is 2. The molecule has 2 heterocycles. The first kappa shape index (κ1) is 10.6. The molecule has 0 bridgehead atoms. The fraction of sp³-hybridized carbons (Fsp3) is 0.231. The highest BCUT2D eigenvalue weighted by molar-refractivity contribution is 7.10. The van der Waals surface area contributed by atoms with Crippen LogP contribution in [0.15, 0.2) is 29.6 Å². The van der Waals surface area contributed by atoms with E-state index in [9.17, 15) is 10.2 Å². The van der Waals surface area contributed by atoms with Crippen molar-refractivity contribution in [3.63, 3.8) is 0 Å². The number of fused-ring (bicyclic) bond motifs is 1. The van der Waals surface area contributed by atoms with Gasteiger partial charge in [0.2, 0.25) is 0 Å². The van der Waals surface area contributed by atoms with E-state index in [4.69, 9.17) is 0 Å². The summed E-state index contributed by atoms with van der Waals surface area (Å²) in [6.45, 7) is 0.889. The van der Waals surface area contributed by atoms with E-state index in [1.165, 1.54) is 4.88 Å². The first-order chi connectivity index (χ1) is 8.25. The van der Waals surface area contributed by atoms with Crippen molar-refractivity contribution in [2.75, 3.05) is 6.54 Å². The molecule has 4 heteroatoms. The molecule has 1 aromatic heterocycles. The van der Waals surface area contributed by atoms with Crippen molar-refractivity contribution in [3.05, 3.63) is 45.6 Å². The van der Waals surface area contributed by atoms with Crippen molar-refractivity contribution < 1.29 is 10.2 Å². The van der Waals surface area contributed by atoms with Gasteiger partial charge < -0.3 is 15.5 Å². The molecule has 0 saturated carbocycles. The number of nitrogens with one attached hydrogen (secondary N) is 1. The number of hydrogen-bond acceptors (Lipinski definition) is 4. The minimum absolute atomic E-state index is 0.0319. The van der Waals surface area contributed by atoms with Crippen LogP contribution in [0.5, 0.6) is 11.5 Å². The van der Waals surface area contributed by atoms with Gasteiger partial charge in [-0.25, -0.2) is 0 Å². The Morgan fingerprint density at radius 2 is 2.06 bits per heavy atom. The maximum absolute atomic E-state index is 9.62. The Morgan fingerprint density at radius 1 is 1.24 bits per heavy atom. The van der Waals surface area contributed by atoms with Gasteiger partial charge in [0, 0.05) is 11.4 Å². The quantitative estimate of drug-likeness (QED) is 0.678. The summed E-state index contributed by atoms with van der Waals surface area (Å²) in [6, 6.07) is 7.58.